The van der Waals surface area contributed by atoms with Gasteiger partial charge in [0.15, 0.2) is 12.4 Å². The summed E-state index contributed by atoms with van der Waals surface area (Å²) in [6.45, 7) is 1.99. The summed E-state index contributed by atoms with van der Waals surface area (Å²) < 4.78 is 90.2. The van der Waals surface area contributed by atoms with Gasteiger partial charge in [-0.2, -0.15) is 0 Å². The van der Waals surface area contributed by atoms with E-state index in [-0.39, 0.29) is 19.4 Å². The lowest BCUT2D eigenvalue weighted by molar-refractivity contribution is -0.302. The first kappa shape index (κ1) is 77.6. The number of hydrogen-bond donors (Lipinski definition) is 18. The van der Waals surface area contributed by atoms with E-state index in [2.05, 4.69) is 10.6 Å². The molecule has 7 aliphatic rings. The standard InChI is InChI=1S/C57H98N2O34/c1-8-25-40(69)48(77)52(81-15-31-43(72)46(75)42(71)28(12-61)91-31)34(89-25)18-85-56-39(68)21(3)87-35(54(56)88-24(6)66)19-82-50-29(13-62)92-32(44(73)49(50)78)16-84-55-37(59-23(5)65)57(79-7)93-30(14-63)53(55)83-17-33-51(47(76)38(67)20(2)86-33)80-10-9-26-36(58-22(4)64)45(74)41(70)27(11-60)90-26/h20-21,25-57,60-63,67-78H,8-19H2,1-7H3,(H,58,64)(H,59,65)/t20?,21?,25?,26-,27?,28?,29?,30?,31+,32+,33+,34+,35+,36?,37?,38+,39+,40+,41-,42+,43?,44?,45+,46-,47+,48-,49+,50-,51?,52?,53+,54?,55+,56+,57+/m1/s1. The molecule has 0 bridgehead atoms. The van der Waals surface area contributed by atoms with Crippen LogP contribution in [0.5, 0.6) is 0 Å². The minimum atomic E-state index is -1.88. The smallest absolute Gasteiger partial charge is 0.303 e. The van der Waals surface area contributed by atoms with Gasteiger partial charge in [-0.1, -0.05) is 6.92 Å². The Kier molecular flexibility index (Phi) is 29.4. The summed E-state index contributed by atoms with van der Waals surface area (Å²) in [6, 6.07) is -2.39. The summed E-state index contributed by atoms with van der Waals surface area (Å²) >= 11 is 0. The first-order valence-corrected chi connectivity index (χ1v) is 31.3. The number of nitrogens with one attached hydrogen (secondary N) is 2. The quantitative estimate of drug-likeness (QED) is 0.0324. The second kappa shape index (κ2) is 35.3. The molecule has 7 heterocycles. The zero-order chi connectivity index (χ0) is 68.4. The molecule has 7 fully saturated rings. The molecule has 2 amide bonds. The number of ether oxygens (including phenoxy) is 15. The molecular weight excluding hydrogens is 1260 g/mol. The molecule has 93 heavy (non-hydrogen) atoms. The molecule has 0 aliphatic carbocycles. The Morgan fingerprint density at radius 2 is 0.753 bits per heavy atom. The van der Waals surface area contributed by atoms with Crippen molar-refractivity contribution >= 4 is 17.8 Å². The molecule has 7 saturated heterocycles. The Morgan fingerprint density at radius 3 is 1.29 bits per heavy atom. The van der Waals surface area contributed by atoms with Crippen LogP contribution < -0.4 is 10.6 Å². The molecule has 0 aromatic rings. The van der Waals surface area contributed by atoms with Crippen molar-refractivity contribution in [3.8, 4) is 0 Å². The van der Waals surface area contributed by atoms with E-state index in [9.17, 15) is 96.1 Å². The van der Waals surface area contributed by atoms with Crippen LogP contribution in [-0.2, 0) is 85.4 Å². The zero-order valence-electron chi connectivity index (χ0n) is 52.7. The van der Waals surface area contributed by atoms with Crippen molar-refractivity contribution in [1.82, 2.24) is 10.6 Å². The highest BCUT2D eigenvalue weighted by molar-refractivity contribution is 5.73. The monoisotopic (exact) mass is 1350 g/mol. The van der Waals surface area contributed by atoms with Crippen LogP contribution >= 0.6 is 0 Å². The third-order valence-electron chi connectivity index (χ3n) is 18.1. The van der Waals surface area contributed by atoms with Gasteiger partial charge < -0.3 is 163 Å². The number of esters is 1. The van der Waals surface area contributed by atoms with E-state index in [1.165, 1.54) is 34.8 Å². The lowest BCUT2D eigenvalue weighted by atomic mass is 9.91. The fourth-order valence-electron chi connectivity index (χ4n) is 13.0. The van der Waals surface area contributed by atoms with Gasteiger partial charge in [-0.25, -0.2) is 0 Å². The minimum Gasteiger partial charge on any atom is -0.457 e. The first-order chi connectivity index (χ1) is 44.1. The third-order valence-corrected chi connectivity index (χ3v) is 18.1. The Balaban J connectivity index is 1.03. The molecule has 36 heteroatoms. The average Bonchev–Trinajstić information content (AvgIpc) is 0.843. The van der Waals surface area contributed by atoms with E-state index >= 15 is 0 Å². The van der Waals surface area contributed by atoms with Crippen molar-refractivity contribution in [1.29, 1.82) is 0 Å². The summed E-state index contributed by atoms with van der Waals surface area (Å²) in [5, 5.41) is 179. The topological polar surface area (TPSA) is 537 Å². The van der Waals surface area contributed by atoms with E-state index in [1.807, 2.05) is 0 Å². The summed E-state index contributed by atoms with van der Waals surface area (Å²) in [6.07, 6.45) is -47.0. The number of amides is 2. The fourth-order valence-corrected chi connectivity index (χ4v) is 13.0. The number of rotatable bonds is 28. The van der Waals surface area contributed by atoms with Crippen LogP contribution in [0.25, 0.3) is 0 Å². The molecule has 18 N–H and O–H groups in total. The summed E-state index contributed by atoms with van der Waals surface area (Å²) in [4.78, 5) is 37.6. The molecule has 14 unspecified atom stereocenters. The highest BCUT2D eigenvalue weighted by Gasteiger charge is 2.55. The lowest BCUT2D eigenvalue weighted by Gasteiger charge is -2.48. The zero-order valence-corrected chi connectivity index (χ0v) is 52.7. The Bertz CT molecular complexity index is 2290. The van der Waals surface area contributed by atoms with Crippen LogP contribution in [0.1, 0.15) is 54.4 Å². The van der Waals surface area contributed by atoms with Crippen molar-refractivity contribution < 1.29 is 167 Å². The molecule has 36 nitrogen and oxygen atoms in total. The second-order valence-electron chi connectivity index (χ2n) is 24.6. The van der Waals surface area contributed by atoms with Crippen molar-refractivity contribution in [3.63, 3.8) is 0 Å². The average molecular weight is 1360 g/mol. The van der Waals surface area contributed by atoms with Crippen molar-refractivity contribution in [2.75, 3.05) is 73.2 Å². The van der Waals surface area contributed by atoms with Gasteiger partial charge >= 0.3 is 5.97 Å². The largest absolute Gasteiger partial charge is 0.457 e. The maximum atomic E-state index is 12.8. The van der Waals surface area contributed by atoms with Crippen LogP contribution in [0.4, 0.5) is 0 Å². The van der Waals surface area contributed by atoms with Gasteiger partial charge in [-0.15, -0.1) is 0 Å². The van der Waals surface area contributed by atoms with Crippen LogP contribution in [0, 0.1) is 0 Å². The molecule has 0 spiro atoms. The molecule has 7 aliphatic heterocycles. The van der Waals surface area contributed by atoms with Gasteiger partial charge in [0.1, 0.15) is 171 Å². The van der Waals surface area contributed by atoms with Gasteiger partial charge in [0.2, 0.25) is 11.8 Å². The predicted octanol–water partition coefficient (Wildman–Crippen LogP) is -10.6. The minimum absolute atomic E-state index is 0.0928. The number of aliphatic hydroxyl groups is 16. The van der Waals surface area contributed by atoms with Crippen LogP contribution in [-0.4, -0.2) is 386 Å². The van der Waals surface area contributed by atoms with E-state index < -0.39 is 291 Å². The molecule has 0 aromatic heterocycles. The van der Waals surface area contributed by atoms with Gasteiger partial charge in [0, 0.05) is 34.5 Å². The highest BCUT2D eigenvalue weighted by atomic mass is 16.7. The molecule has 35 atom stereocenters. The van der Waals surface area contributed by atoms with E-state index in [1.54, 1.807) is 6.92 Å². The Morgan fingerprint density at radius 1 is 0.366 bits per heavy atom. The number of carbonyl (C=O) groups is 3. The molecule has 540 valence electrons. The Hall–Kier alpha value is -2.79. The first-order valence-electron chi connectivity index (χ1n) is 31.3. The second-order valence-corrected chi connectivity index (χ2v) is 24.6. The maximum Gasteiger partial charge on any atom is 0.303 e. The molecule has 0 saturated carbocycles. The van der Waals surface area contributed by atoms with Crippen molar-refractivity contribution in [2.24, 2.45) is 0 Å². The third kappa shape index (κ3) is 18.4. The number of aliphatic hydroxyl groups excluding tert-OH is 16. The molecular formula is C57H98N2O34. The van der Waals surface area contributed by atoms with Crippen molar-refractivity contribution in [2.45, 2.75) is 268 Å². The SMILES string of the molecule is CCC1O[C@@H](CO[C@@H]2C(OC(C)=O)[C@H](CO[C@@H]3C(CO)O[C@@H](CO[C@H]4C(NC(C)=O)[C@@H](OC)OC(CO)[C@@H]4OC[C@@H]4OC(C)[C@H](O)[C@H](O)C4OCC[C@H]4OC(CO)[C@@H](O)[C@@H](O)C4NC(C)=O)C(O)[C@@H]3O)OC(C)[C@@H]2O)C(OC[C@@H]2OC(CO)[C@H](O)[C@@H](O)C2O)[C@H](O)[C@H]1O. The van der Waals surface area contributed by atoms with Crippen LogP contribution in [0.2, 0.25) is 0 Å². The number of methoxy groups -OCH3 is 1. The van der Waals surface area contributed by atoms with E-state index in [0.717, 1.165) is 6.92 Å². The van der Waals surface area contributed by atoms with Gasteiger partial charge in [-0.3, -0.25) is 14.4 Å². The predicted molar refractivity (Wildman–Crippen MR) is 304 cm³/mol. The summed E-state index contributed by atoms with van der Waals surface area (Å²) in [5.41, 5.74) is 0. The lowest BCUT2D eigenvalue weighted by Crippen LogP contribution is -2.67. The normalized spacial score (nSPS) is 46.5. The van der Waals surface area contributed by atoms with Gasteiger partial charge in [0.25, 0.3) is 0 Å². The number of hydrogen-bond acceptors (Lipinski definition) is 34. The molecule has 7 rings (SSSR count). The van der Waals surface area contributed by atoms with Crippen LogP contribution in [0.3, 0.4) is 0 Å². The summed E-state index contributed by atoms with van der Waals surface area (Å²) in [7, 11) is 1.25. The fraction of sp³-hybridized carbons (Fsp3) is 0.947. The number of carbonyl (C=O) groups excluding carboxylic acids is 3. The van der Waals surface area contributed by atoms with Crippen LogP contribution in [0.15, 0.2) is 0 Å². The molecule has 0 radical (unpaired) electrons. The van der Waals surface area contributed by atoms with E-state index in [4.69, 9.17) is 71.1 Å². The highest BCUT2D eigenvalue weighted by Crippen LogP contribution is 2.35. The Labute approximate surface area is 535 Å². The van der Waals surface area contributed by atoms with Gasteiger partial charge in [0.05, 0.1) is 89.9 Å². The van der Waals surface area contributed by atoms with E-state index in [0.29, 0.717) is 0 Å². The maximum absolute atomic E-state index is 12.8. The van der Waals surface area contributed by atoms with Gasteiger partial charge in [-0.05, 0) is 26.7 Å². The molecule has 0 aromatic carbocycles. The van der Waals surface area contributed by atoms with Crippen molar-refractivity contribution in [3.05, 3.63) is 0 Å². The summed E-state index contributed by atoms with van der Waals surface area (Å²) in [5.74, 6) is -2.03.